The molecule has 0 radical (unpaired) electrons. The number of sulfonamides is 1. The molecule has 1 amide bonds. The minimum atomic E-state index is -4.05. The maximum atomic E-state index is 13.5. The monoisotopic (exact) mass is 479 g/mol. The lowest BCUT2D eigenvalue weighted by Gasteiger charge is -2.25. The Labute approximate surface area is 201 Å². The van der Waals surface area contributed by atoms with Gasteiger partial charge in [-0.3, -0.25) is 9.10 Å². The van der Waals surface area contributed by atoms with E-state index in [1.807, 2.05) is 37.3 Å². The highest BCUT2D eigenvalue weighted by molar-refractivity contribution is 7.92. The quantitative estimate of drug-likeness (QED) is 0.362. The van der Waals surface area contributed by atoms with Crippen molar-refractivity contribution in [2.45, 2.75) is 31.6 Å². The molecule has 0 saturated heterocycles. The van der Waals surface area contributed by atoms with Crippen LogP contribution in [0.5, 0.6) is 5.75 Å². The number of benzene rings is 3. The van der Waals surface area contributed by atoms with E-state index in [4.69, 9.17) is 4.74 Å². The van der Waals surface area contributed by atoms with Crippen LogP contribution in [0.1, 0.15) is 36.5 Å². The molecule has 0 bridgehead atoms. The van der Waals surface area contributed by atoms with Gasteiger partial charge in [-0.25, -0.2) is 13.8 Å². The first-order valence-electron chi connectivity index (χ1n) is 10.9. The Hall–Kier alpha value is -3.65. The van der Waals surface area contributed by atoms with Crippen LogP contribution < -0.4 is 14.5 Å². The normalized spacial score (nSPS) is 11.6. The average molecular weight is 480 g/mol. The first-order chi connectivity index (χ1) is 16.2. The predicted octanol–water partition coefficient (Wildman–Crippen LogP) is 4.47. The van der Waals surface area contributed by atoms with Crippen molar-refractivity contribution in [2.75, 3.05) is 18.0 Å². The molecule has 178 valence electrons. The highest BCUT2D eigenvalue weighted by Crippen LogP contribution is 2.33. The van der Waals surface area contributed by atoms with Crippen LogP contribution in [0, 0.1) is 6.92 Å². The molecule has 0 unspecified atom stereocenters. The molecule has 3 rings (SSSR count). The molecule has 0 aliphatic carbocycles. The first kappa shape index (κ1) is 25.0. The van der Waals surface area contributed by atoms with Crippen molar-refractivity contribution < 1.29 is 17.9 Å². The van der Waals surface area contributed by atoms with Crippen molar-refractivity contribution in [1.82, 2.24) is 5.43 Å². The highest BCUT2D eigenvalue weighted by atomic mass is 32.2. The average Bonchev–Trinajstić information content (AvgIpc) is 2.83. The fourth-order valence-electron chi connectivity index (χ4n) is 3.33. The first-order valence-corrected chi connectivity index (χ1v) is 12.3. The number of rotatable bonds is 9. The molecule has 0 atom stereocenters. The third kappa shape index (κ3) is 6.02. The van der Waals surface area contributed by atoms with Crippen molar-refractivity contribution >= 4 is 27.8 Å². The van der Waals surface area contributed by atoms with Crippen LogP contribution in [0.3, 0.4) is 0 Å². The zero-order valence-corrected chi connectivity index (χ0v) is 20.5. The molecule has 0 aliphatic heterocycles. The fourth-order valence-corrected chi connectivity index (χ4v) is 4.77. The maximum Gasteiger partial charge on any atom is 0.264 e. The van der Waals surface area contributed by atoms with Crippen molar-refractivity contribution in [3.8, 4) is 5.75 Å². The van der Waals surface area contributed by atoms with E-state index >= 15 is 0 Å². The SMILES string of the molecule is COc1ccc(C)cc1N(CC(=O)N/N=C\c1ccc(C(C)C)cc1)S(=O)(=O)c1ccccc1. The number of nitrogens with one attached hydrogen (secondary N) is 1. The second-order valence-corrected chi connectivity index (χ2v) is 9.98. The van der Waals surface area contributed by atoms with Crippen LogP contribution in [-0.2, 0) is 14.8 Å². The third-order valence-corrected chi connectivity index (χ3v) is 7.00. The number of hydrogen-bond donors (Lipinski definition) is 1. The molecule has 34 heavy (non-hydrogen) atoms. The lowest BCUT2D eigenvalue weighted by atomic mass is 10.0. The topological polar surface area (TPSA) is 88.1 Å². The van der Waals surface area contributed by atoms with Crippen LogP contribution in [0.25, 0.3) is 0 Å². The van der Waals surface area contributed by atoms with Crippen molar-refractivity contribution in [2.24, 2.45) is 5.10 Å². The largest absolute Gasteiger partial charge is 0.495 e. The smallest absolute Gasteiger partial charge is 0.264 e. The molecule has 0 saturated carbocycles. The Bertz CT molecular complexity index is 1250. The Kier molecular flexibility index (Phi) is 8.07. The zero-order chi connectivity index (χ0) is 24.7. The van der Waals surface area contributed by atoms with Gasteiger partial charge in [0.2, 0.25) is 0 Å². The molecule has 0 heterocycles. The van der Waals surface area contributed by atoms with Gasteiger partial charge in [0, 0.05) is 0 Å². The van der Waals surface area contributed by atoms with E-state index in [1.165, 1.54) is 31.0 Å². The summed E-state index contributed by atoms with van der Waals surface area (Å²) in [6.45, 7) is 5.59. The molecule has 8 heteroatoms. The van der Waals surface area contributed by atoms with Gasteiger partial charge in [-0.1, -0.05) is 62.4 Å². The molecule has 7 nitrogen and oxygen atoms in total. The minimum Gasteiger partial charge on any atom is -0.495 e. The number of hydrogen-bond acceptors (Lipinski definition) is 5. The number of ether oxygens (including phenoxy) is 1. The molecular formula is C26H29N3O4S. The van der Waals surface area contributed by atoms with Gasteiger partial charge in [-0.2, -0.15) is 5.10 Å². The maximum absolute atomic E-state index is 13.5. The second kappa shape index (κ2) is 11.0. The van der Waals surface area contributed by atoms with Crippen LogP contribution in [0.2, 0.25) is 0 Å². The van der Waals surface area contributed by atoms with Gasteiger partial charge in [0.1, 0.15) is 12.3 Å². The third-order valence-electron chi connectivity index (χ3n) is 5.23. The Morgan fingerprint density at radius 1 is 1.06 bits per heavy atom. The van der Waals surface area contributed by atoms with Gasteiger partial charge in [0.05, 0.1) is 23.9 Å². The second-order valence-electron chi connectivity index (χ2n) is 8.11. The van der Waals surface area contributed by atoms with E-state index in [1.54, 1.807) is 30.3 Å². The van der Waals surface area contributed by atoms with Crippen LogP contribution >= 0.6 is 0 Å². The van der Waals surface area contributed by atoms with Gasteiger partial charge < -0.3 is 4.74 Å². The van der Waals surface area contributed by atoms with Gasteiger partial charge in [-0.15, -0.1) is 0 Å². The van der Waals surface area contributed by atoms with Crippen LogP contribution in [0.4, 0.5) is 5.69 Å². The van der Waals surface area contributed by atoms with Crippen molar-refractivity contribution in [3.05, 3.63) is 89.5 Å². The fraction of sp³-hybridized carbons (Fsp3) is 0.231. The van der Waals surface area contributed by atoms with E-state index in [2.05, 4.69) is 24.4 Å². The van der Waals surface area contributed by atoms with Crippen molar-refractivity contribution in [3.63, 3.8) is 0 Å². The lowest BCUT2D eigenvalue weighted by Crippen LogP contribution is -2.39. The molecule has 3 aromatic carbocycles. The molecule has 0 fully saturated rings. The summed E-state index contributed by atoms with van der Waals surface area (Å²) >= 11 is 0. The van der Waals surface area contributed by atoms with E-state index < -0.39 is 22.5 Å². The minimum absolute atomic E-state index is 0.0695. The number of aryl methyl sites for hydroxylation is 1. The number of hydrazone groups is 1. The van der Waals surface area contributed by atoms with E-state index in [-0.39, 0.29) is 10.6 Å². The molecule has 1 N–H and O–H groups in total. The number of amides is 1. The Morgan fingerprint density at radius 2 is 1.74 bits per heavy atom. The molecule has 0 aromatic heterocycles. The Morgan fingerprint density at radius 3 is 2.35 bits per heavy atom. The van der Waals surface area contributed by atoms with E-state index in [0.717, 1.165) is 15.4 Å². The summed E-state index contributed by atoms with van der Waals surface area (Å²) in [6.07, 6.45) is 1.52. The van der Waals surface area contributed by atoms with Gasteiger partial charge in [0.15, 0.2) is 0 Å². The molecule has 0 aliphatic rings. The van der Waals surface area contributed by atoms with Gasteiger partial charge >= 0.3 is 0 Å². The van der Waals surface area contributed by atoms with Gasteiger partial charge in [-0.05, 0) is 53.8 Å². The predicted molar refractivity (Wildman–Crippen MR) is 135 cm³/mol. The highest BCUT2D eigenvalue weighted by Gasteiger charge is 2.29. The lowest BCUT2D eigenvalue weighted by molar-refractivity contribution is -0.119. The molecule has 3 aromatic rings. The summed E-state index contributed by atoms with van der Waals surface area (Å²) < 4.78 is 33.4. The zero-order valence-electron chi connectivity index (χ0n) is 19.7. The van der Waals surface area contributed by atoms with E-state index in [9.17, 15) is 13.2 Å². The summed E-state index contributed by atoms with van der Waals surface area (Å²) in [5, 5.41) is 4.00. The molecule has 0 spiro atoms. The summed E-state index contributed by atoms with van der Waals surface area (Å²) in [7, 11) is -2.59. The van der Waals surface area contributed by atoms with Crippen LogP contribution in [-0.4, -0.2) is 34.2 Å². The number of carbonyl (C=O) groups excluding carboxylic acids is 1. The number of carbonyl (C=O) groups is 1. The summed E-state index contributed by atoms with van der Waals surface area (Å²) in [5.74, 6) is 0.173. The van der Waals surface area contributed by atoms with Crippen LogP contribution in [0.15, 0.2) is 82.8 Å². The molecular weight excluding hydrogens is 450 g/mol. The standard InChI is InChI=1S/C26H29N3O4S/c1-19(2)22-13-11-21(12-14-22)17-27-28-26(30)18-29(24-16-20(3)10-15-25(24)33-4)34(31,32)23-8-6-5-7-9-23/h5-17,19H,18H2,1-4H3,(H,28,30)/b27-17-. The number of nitrogens with zero attached hydrogens (tertiary/aromatic N) is 2. The number of anilines is 1. The summed E-state index contributed by atoms with van der Waals surface area (Å²) in [5.41, 5.74) is 5.55. The van der Waals surface area contributed by atoms with E-state index in [0.29, 0.717) is 11.7 Å². The van der Waals surface area contributed by atoms with Crippen molar-refractivity contribution in [1.29, 1.82) is 0 Å². The van der Waals surface area contributed by atoms with Gasteiger partial charge in [0.25, 0.3) is 15.9 Å². The summed E-state index contributed by atoms with van der Waals surface area (Å²) in [6, 6.07) is 21.0. The number of methoxy groups -OCH3 is 1. The Balaban J connectivity index is 1.86. The summed E-state index contributed by atoms with van der Waals surface area (Å²) in [4.78, 5) is 12.8.